The minimum Gasteiger partial charge on any atom is -0.396 e. The number of hydrogen-bond acceptors (Lipinski definition) is 4. The van der Waals surface area contributed by atoms with E-state index in [4.69, 9.17) is 11.5 Å². The number of rotatable bonds is 2. The normalized spacial score (nSPS) is 20.5. The van der Waals surface area contributed by atoms with Crippen molar-refractivity contribution >= 4 is 17.4 Å². The van der Waals surface area contributed by atoms with Crippen LogP contribution in [-0.2, 0) is 4.79 Å². The summed E-state index contributed by atoms with van der Waals surface area (Å²) in [5, 5.41) is 0. The molecule has 1 unspecified atom stereocenters. The summed E-state index contributed by atoms with van der Waals surface area (Å²) in [6.45, 7) is 1.41. The van der Waals surface area contributed by atoms with Crippen LogP contribution in [0, 0.1) is 5.92 Å². The summed E-state index contributed by atoms with van der Waals surface area (Å²) < 4.78 is 0. The van der Waals surface area contributed by atoms with Crippen molar-refractivity contribution in [3.05, 3.63) is 18.3 Å². The number of aromatic nitrogens is 1. The van der Waals surface area contributed by atoms with E-state index in [9.17, 15) is 4.79 Å². The van der Waals surface area contributed by atoms with E-state index in [1.807, 2.05) is 4.90 Å². The Bertz CT molecular complexity index is 379. The highest BCUT2D eigenvalue weighted by atomic mass is 16.1. The molecule has 1 saturated heterocycles. The van der Waals surface area contributed by atoms with E-state index in [0.717, 1.165) is 18.8 Å². The van der Waals surface area contributed by atoms with E-state index in [1.165, 1.54) is 0 Å². The number of amides is 1. The summed E-state index contributed by atoms with van der Waals surface area (Å²) in [4.78, 5) is 17.2. The van der Waals surface area contributed by atoms with Crippen LogP contribution in [0.2, 0.25) is 0 Å². The number of primary amides is 1. The molecule has 1 atom stereocenters. The van der Waals surface area contributed by atoms with Gasteiger partial charge in [0.2, 0.25) is 5.91 Å². The standard InChI is InChI=1S/C10H14N4O/c11-8-2-1-4-13-10(8)14-5-3-7(6-14)9(12)15/h1-2,4,7H,3,5-6,11H2,(H2,12,15). The summed E-state index contributed by atoms with van der Waals surface area (Å²) in [6.07, 6.45) is 2.48. The minimum absolute atomic E-state index is 0.0774. The van der Waals surface area contributed by atoms with E-state index in [-0.39, 0.29) is 11.8 Å². The summed E-state index contributed by atoms with van der Waals surface area (Å²) >= 11 is 0. The highest BCUT2D eigenvalue weighted by molar-refractivity contribution is 5.78. The van der Waals surface area contributed by atoms with Gasteiger partial charge in [-0.1, -0.05) is 0 Å². The lowest BCUT2D eigenvalue weighted by Crippen LogP contribution is -2.28. The molecule has 80 valence electrons. The van der Waals surface area contributed by atoms with Gasteiger partial charge in [-0.2, -0.15) is 0 Å². The van der Waals surface area contributed by atoms with E-state index in [0.29, 0.717) is 12.2 Å². The molecular formula is C10H14N4O. The third-order valence-electron chi connectivity index (χ3n) is 2.71. The molecule has 0 bridgehead atoms. The lowest BCUT2D eigenvalue weighted by Gasteiger charge is -2.18. The number of carbonyl (C=O) groups is 1. The molecule has 15 heavy (non-hydrogen) atoms. The van der Waals surface area contributed by atoms with Crippen LogP contribution >= 0.6 is 0 Å². The third kappa shape index (κ3) is 1.86. The van der Waals surface area contributed by atoms with Crippen LogP contribution in [0.5, 0.6) is 0 Å². The molecule has 0 spiro atoms. The highest BCUT2D eigenvalue weighted by Gasteiger charge is 2.28. The van der Waals surface area contributed by atoms with Crippen molar-refractivity contribution in [2.24, 2.45) is 11.7 Å². The maximum absolute atomic E-state index is 11.0. The fourth-order valence-corrected chi connectivity index (χ4v) is 1.86. The molecule has 1 aliphatic heterocycles. The number of anilines is 2. The third-order valence-corrected chi connectivity index (χ3v) is 2.71. The first-order valence-corrected chi connectivity index (χ1v) is 4.93. The first-order valence-electron chi connectivity index (χ1n) is 4.93. The summed E-state index contributed by atoms with van der Waals surface area (Å²) in [6, 6.07) is 3.60. The Morgan fingerprint density at radius 3 is 3.00 bits per heavy atom. The SMILES string of the molecule is NC(=O)C1CCN(c2ncccc2N)C1. The van der Waals surface area contributed by atoms with Crippen LogP contribution in [0.4, 0.5) is 11.5 Å². The van der Waals surface area contributed by atoms with Gasteiger partial charge in [0.25, 0.3) is 0 Å². The number of nitrogens with two attached hydrogens (primary N) is 2. The molecule has 1 aromatic rings. The van der Waals surface area contributed by atoms with Gasteiger partial charge >= 0.3 is 0 Å². The van der Waals surface area contributed by atoms with Crippen LogP contribution in [0.15, 0.2) is 18.3 Å². The van der Waals surface area contributed by atoms with Crippen LogP contribution in [0.3, 0.4) is 0 Å². The Kier molecular flexibility index (Phi) is 2.45. The molecule has 4 N–H and O–H groups in total. The van der Waals surface area contributed by atoms with E-state index in [1.54, 1.807) is 18.3 Å². The fourth-order valence-electron chi connectivity index (χ4n) is 1.86. The van der Waals surface area contributed by atoms with Crippen LogP contribution in [0.25, 0.3) is 0 Å². The zero-order valence-corrected chi connectivity index (χ0v) is 8.39. The molecule has 0 saturated carbocycles. The van der Waals surface area contributed by atoms with Crippen molar-refractivity contribution in [1.82, 2.24) is 4.98 Å². The van der Waals surface area contributed by atoms with Gasteiger partial charge in [0.1, 0.15) is 0 Å². The molecule has 1 amide bonds. The maximum Gasteiger partial charge on any atom is 0.222 e. The smallest absolute Gasteiger partial charge is 0.222 e. The number of pyridine rings is 1. The zero-order chi connectivity index (χ0) is 10.8. The van der Waals surface area contributed by atoms with Crippen LogP contribution in [0.1, 0.15) is 6.42 Å². The maximum atomic E-state index is 11.0. The van der Waals surface area contributed by atoms with Crippen molar-refractivity contribution < 1.29 is 4.79 Å². The van der Waals surface area contributed by atoms with Gasteiger partial charge in [0, 0.05) is 19.3 Å². The summed E-state index contributed by atoms with van der Waals surface area (Å²) in [7, 11) is 0. The zero-order valence-electron chi connectivity index (χ0n) is 8.39. The number of carbonyl (C=O) groups excluding carboxylic acids is 1. The van der Waals surface area contributed by atoms with Crippen LogP contribution in [-0.4, -0.2) is 24.0 Å². The van der Waals surface area contributed by atoms with E-state index in [2.05, 4.69) is 4.98 Å². The lowest BCUT2D eigenvalue weighted by atomic mass is 10.1. The molecule has 2 rings (SSSR count). The van der Waals surface area contributed by atoms with E-state index >= 15 is 0 Å². The van der Waals surface area contributed by atoms with Crippen molar-refractivity contribution in [3.8, 4) is 0 Å². The molecule has 1 fully saturated rings. The second-order valence-corrected chi connectivity index (χ2v) is 3.75. The molecule has 0 aliphatic carbocycles. The van der Waals surface area contributed by atoms with Gasteiger partial charge in [-0.05, 0) is 18.6 Å². The average molecular weight is 206 g/mol. The minimum atomic E-state index is -0.244. The highest BCUT2D eigenvalue weighted by Crippen LogP contribution is 2.25. The Labute approximate surface area is 88.1 Å². The largest absolute Gasteiger partial charge is 0.396 e. The molecular weight excluding hydrogens is 192 g/mol. The molecule has 1 aromatic heterocycles. The topological polar surface area (TPSA) is 85.2 Å². The molecule has 0 radical (unpaired) electrons. The van der Waals surface area contributed by atoms with Gasteiger partial charge < -0.3 is 16.4 Å². The van der Waals surface area contributed by atoms with Crippen molar-refractivity contribution in [2.45, 2.75) is 6.42 Å². The predicted molar refractivity (Wildman–Crippen MR) is 58.2 cm³/mol. The molecule has 1 aliphatic rings. The van der Waals surface area contributed by atoms with Gasteiger partial charge in [-0.15, -0.1) is 0 Å². The Morgan fingerprint density at radius 1 is 1.60 bits per heavy atom. The van der Waals surface area contributed by atoms with Gasteiger partial charge in [-0.25, -0.2) is 4.98 Å². The Balaban J connectivity index is 2.14. The number of nitrogens with zero attached hydrogens (tertiary/aromatic N) is 2. The van der Waals surface area contributed by atoms with Gasteiger partial charge in [0.15, 0.2) is 5.82 Å². The fraction of sp³-hybridized carbons (Fsp3) is 0.400. The van der Waals surface area contributed by atoms with Crippen LogP contribution < -0.4 is 16.4 Å². The Hall–Kier alpha value is -1.78. The second-order valence-electron chi connectivity index (χ2n) is 3.75. The first-order chi connectivity index (χ1) is 7.18. The predicted octanol–water partition coefficient (Wildman–Crippen LogP) is -0.0246. The van der Waals surface area contributed by atoms with Crippen molar-refractivity contribution in [3.63, 3.8) is 0 Å². The van der Waals surface area contributed by atoms with Gasteiger partial charge in [-0.3, -0.25) is 4.79 Å². The first kappa shape index (κ1) is 9.76. The monoisotopic (exact) mass is 206 g/mol. The summed E-state index contributed by atoms with van der Waals surface area (Å²) in [5.74, 6) is 0.430. The van der Waals surface area contributed by atoms with Crippen molar-refractivity contribution in [1.29, 1.82) is 0 Å². The second kappa shape index (κ2) is 3.76. The van der Waals surface area contributed by atoms with Gasteiger partial charge in [0.05, 0.1) is 11.6 Å². The quantitative estimate of drug-likeness (QED) is 0.711. The molecule has 0 aromatic carbocycles. The summed E-state index contributed by atoms with van der Waals surface area (Å²) in [5.41, 5.74) is 11.7. The number of hydrogen-bond donors (Lipinski definition) is 2. The molecule has 5 nitrogen and oxygen atoms in total. The average Bonchev–Trinajstić information content (AvgIpc) is 2.67. The van der Waals surface area contributed by atoms with Crippen molar-refractivity contribution in [2.75, 3.05) is 23.7 Å². The molecule has 2 heterocycles. The molecule has 5 heteroatoms. The van der Waals surface area contributed by atoms with E-state index < -0.39 is 0 Å². The number of nitrogen functional groups attached to an aromatic ring is 1. The lowest BCUT2D eigenvalue weighted by molar-refractivity contribution is -0.121. The Morgan fingerprint density at radius 2 is 2.40 bits per heavy atom.